The van der Waals surface area contributed by atoms with E-state index in [0.717, 1.165) is 25.7 Å². The minimum Gasteiger partial charge on any atom is -0.459 e. The van der Waals surface area contributed by atoms with Crippen molar-refractivity contribution in [3.63, 3.8) is 0 Å². The molecule has 3 heteroatoms. The molecule has 17 heavy (non-hydrogen) atoms. The van der Waals surface area contributed by atoms with E-state index in [0.29, 0.717) is 0 Å². The SMILES string of the molecule is C/C=C1/CC[C@H]2[C@@H](OC(C)=O)[C@@H](O)CC[C@]12C. The predicted octanol–water partition coefficient (Wildman–Crippen LogP) is 2.44. The quantitative estimate of drug-likeness (QED) is 0.564. The van der Waals surface area contributed by atoms with Crippen LogP contribution in [0.5, 0.6) is 0 Å². The van der Waals surface area contributed by atoms with E-state index in [2.05, 4.69) is 19.9 Å². The molecule has 96 valence electrons. The van der Waals surface area contributed by atoms with Gasteiger partial charge in [-0.1, -0.05) is 18.6 Å². The molecule has 1 N–H and O–H groups in total. The van der Waals surface area contributed by atoms with Gasteiger partial charge in [0.15, 0.2) is 0 Å². The highest BCUT2D eigenvalue weighted by atomic mass is 16.6. The Balaban J connectivity index is 2.26. The molecule has 2 aliphatic rings. The van der Waals surface area contributed by atoms with Gasteiger partial charge in [-0.3, -0.25) is 4.79 Å². The number of fused-ring (bicyclic) bond motifs is 1. The molecule has 0 aromatic carbocycles. The molecular formula is C14H22O3. The molecule has 0 radical (unpaired) electrons. The normalized spacial score (nSPS) is 43.5. The minimum absolute atomic E-state index is 0.119. The summed E-state index contributed by atoms with van der Waals surface area (Å²) in [6.07, 6.45) is 5.20. The Hall–Kier alpha value is -0.830. The van der Waals surface area contributed by atoms with Crippen molar-refractivity contribution >= 4 is 5.97 Å². The van der Waals surface area contributed by atoms with Gasteiger partial charge in [0.05, 0.1) is 6.10 Å². The third-order valence-corrected chi connectivity index (χ3v) is 4.66. The van der Waals surface area contributed by atoms with Gasteiger partial charge in [-0.05, 0) is 38.0 Å². The van der Waals surface area contributed by atoms with E-state index < -0.39 is 6.10 Å². The van der Waals surface area contributed by atoms with Crippen molar-refractivity contribution in [2.75, 3.05) is 0 Å². The van der Waals surface area contributed by atoms with Gasteiger partial charge in [0.2, 0.25) is 0 Å². The second kappa shape index (κ2) is 4.45. The summed E-state index contributed by atoms with van der Waals surface area (Å²) < 4.78 is 5.36. The van der Waals surface area contributed by atoms with E-state index in [1.165, 1.54) is 12.5 Å². The predicted molar refractivity (Wildman–Crippen MR) is 65.4 cm³/mol. The van der Waals surface area contributed by atoms with Crippen LogP contribution < -0.4 is 0 Å². The topological polar surface area (TPSA) is 46.5 Å². The van der Waals surface area contributed by atoms with E-state index >= 15 is 0 Å². The first kappa shape index (κ1) is 12.6. The van der Waals surface area contributed by atoms with Crippen molar-refractivity contribution in [3.8, 4) is 0 Å². The maximum Gasteiger partial charge on any atom is 0.303 e. The van der Waals surface area contributed by atoms with E-state index in [1.54, 1.807) is 0 Å². The molecule has 0 aromatic heterocycles. The van der Waals surface area contributed by atoms with E-state index in [-0.39, 0.29) is 23.4 Å². The van der Waals surface area contributed by atoms with Crippen molar-refractivity contribution in [3.05, 3.63) is 11.6 Å². The Morgan fingerprint density at radius 2 is 2.24 bits per heavy atom. The summed E-state index contributed by atoms with van der Waals surface area (Å²) in [6.45, 7) is 5.75. The molecule has 0 spiro atoms. The largest absolute Gasteiger partial charge is 0.459 e. The lowest BCUT2D eigenvalue weighted by molar-refractivity contribution is -0.165. The molecule has 0 aromatic rings. The van der Waals surface area contributed by atoms with Crippen LogP contribution in [0, 0.1) is 11.3 Å². The summed E-state index contributed by atoms with van der Waals surface area (Å²) in [7, 11) is 0. The number of allylic oxidation sites excluding steroid dienone is 2. The Morgan fingerprint density at radius 3 is 2.82 bits per heavy atom. The second-order valence-corrected chi connectivity index (χ2v) is 5.56. The van der Waals surface area contributed by atoms with Crippen LogP contribution in [0.1, 0.15) is 46.5 Å². The zero-order valence-corrected chi connectivity index (χ0v) is 10.9. The number of hydrogen-bond donors (Lipinski definition) is 1. The van der Waals surface area contributed by atoms with Crippen LogP contribution in [0.15, 0.2) is 11.6 Å². The van der Waals surface area contributed by atoms with Crippen LogP contribution >= 0.6 is 0 Å². The highest BCUT2D eigenvalue weighted by molar-refractivity contribution is 5.66. The van der Waals surface area contributed by atoms with Crippen LogP contribution in [-0.2, 0) is 9.53 Å². The molecule has 4 atom stereocenters. The number of carbonyl (C=O) groups is 1. The summed E-state index contributed by atoms with van der Waals surface area (Å²) in [6, 6.07) is 0. The first-order valence-electron chi connectivity index (χ1n) is 6.50. The summed E-state index contributed by atoms with van der Waals surface area (Å²) in [5, 5.41) is 10.0. The standard InChI is InChI=1S/C14H22O3/c1-4-10-5-6-11-13(17-9(2)15)12(16)7-8-14(10,11)3/h4,11-13,16H,5-8H2,1-3H3/b10-4-/t11-,12-,13+,14+/m0/s1. The Morgan fingerprint density at radius 1 is 1.53 bits per heavy atom. The number of hydrogen-bond acceptors (Lipinski definition) is 3. The lowest BCUT2D eigenvalue weighted by atomic mass is 9.65. The molecule has 2 fully saturated rings. The van der Waals surface area contributed by atoms with Gasteiger partial charge in [-0.25, -0.2) is 0 Å². The van der Waals surface area contributed by atoms with Gasteiger partial charge in [0.25, 0.3) is 0 Å². The molecule has 2 saturated carbocycles. The van der Waals surface area contributed by atoms with Crippen LogP contribution in [0.3, 0.4) is 0 Å². The van der Waals surface area contributed by atoms with Crippen LogP contribution in [-0.4, -0.2) is 23.3 Å². The van der Waals surface area contributed by atoms with Gasteiger partial charge >= 0.3 is 5.97 Å². The molecule has 2 aliphatic carbocycles. The van der Waals surface area contributed by atoms with Crippen LogP contribution in [0.2, 0.25) is 0 Å². The molecule has 0 heterocycles. The molecule has 3 nitrogen and oxygen atoms in total. The van der Waals surface area contributed by atoms with Gasteiger partial charge in [-0.2, -0.15) is 0 Å². The van der Waals surface area contributed by atoms with Gasteiger partial charge in [0.1, 0.15) is 6.10 Å². The van der Waals surface area contributed by atoms with Crippen molar-refractivity contribution in [2.45, 2.75) is 58.7 Å². The summed E-state index contributed by atoms with van der Waals surface area (Å²) >= 11 is 0. The maximum atomic E-state index is 11.2. The van der Waals surface area contributed by atoms with E-state index in [4.69, 9.17) is 4.74 Å². The van der Waals surface area contributed by atoms with Gasteiger partial charge in [0, 0.05) is 12.8 Å². The Bertz CT molecular complexity index is 347. The van der Waals surface area contributed by atoms with E-state index in [1.807, 2.05) is 0 Å². The third kappa shape index (κ3) is 2.01. The second-order valence-electron chi connectivity index (χ2n) is 5.56. The number of aliphatic hydroxyl groups is 1. The molecule has 0 unspecified atom stereocenters. The average Bonchev–Trinajstić information content (AvgIpc) is 2.60. The fraction of sp³-hybridized carbons (Fsp3) is 0.786. The number of ether oxygens (including phenoxy) is 1. The zero-order valence-electron chi connectivity index (χ0n) is 10.9. The molecule has 2 rings (SSSR count). The summed E-state index contributed by atoms with van der Waals surface area (Å²) in [5.41, 5.74) is 1.58. The Kier molecular flexibility index (Phi) is 3.30. The fourth-order valence-electron chi connectivity index (χ4n) is 3.73. The number of esters is 1. The summed E-state index contributed by atoms with van der Waals surface area (Å²) in [5.74, 6) is -0.00595. The van der Waals surface area contributed by atoms with Gasteiger partial charge in [-0.15, -0.1) is 0 Å². The highest BCUT2D eigenvalue weighted by Crippen LogP contribution is 2.55. The summed E-state index contributed by atoms with van der Waals surface area (Å²) in [4.78, 5) is 11.2. The smallest absolute Gasteiger partial charge is 0.303 e. The van der Waals surface area contributed by atoms with Crippen molar-refractivity contribution < 1.29 is 14.6 Å². The molecule has 0 bridgehead atoms. The van der Waals surface area contributed by atoms with Crippen LogP contribution in [0.4, 0.5) is 0 Å². The molecule has 0 saturated heterocycles. The van der Waals surface area contributed by atoms with Crippen molar-refractivity contribution in [1.82, 2.24) is 0 Å². The van der Waals surface area contributed by atoms with E-state index in [9.17, 15) is 9.90 Å². The maximum absolute atomic E-state index is 11.2. The third-order valence-electron chi connectivity index (χ3n) is 4.66. The highest BCUT2D eigenvalue weighted by Gasteiger charge is 2.52. The number of carbonyl (C=O) groups excluding carboxylic acids is 1. The first-order valence-corrected chi connectivity index (χ1v) is 6.50. The first-order chi connectivity index (χ1) is 7.99. The average molecular weight is 238 g/mol. The zero-order chi connectivity index (χ0) is 12.6. The lowest BCUT2D eigenvalue weighted by Gasteiger charge is -2.44. The monoisotopic (exact) mass is 238 g/mol. The number of rotatable bonds is 1. The van der Waals surface area contributed by atoms with Gasteiger partial charge < -0.3 is 9.84 Å². The minimum atomic E-state index is -0.492. The fourth-order valence-corrected chi connectivity index (χ4v) is 3.73. The molecule has 0 amide bonds. The Labute approximate surface area is 103 Å². The van der Waals surface area contributed by atoms with Crippen molar-refractivity contribution in [2.24, 2.45) is 11.3 Å². The van der Waals surface area contributed by atoms with Crippen LogP contribution in [0.25, 0.3) is 0 Å². The van der Waals surface area contributed by atoms with Crippen molar-refractivity contribution in [1.29, 1.82) is 0 Å². The molecule has 0 aliphatic heterocycles. The number of aliphatic hydroxyl groups excluding tert-OH is 1. The molecular weight excluding hydrogens is 216 g/mol. The lowest BCUT2D eigenvalue weighted by Crippen LogP contribution is -2.47.